The standard InChI is InChI=1S/C7H14O3/c1-5-6(8)7(2,9)3-4-10-5/h5-6,8-9H,3-4H2,1-2H3/t5-,6-,7-/m0/s1. The van der Waals surface area contributed by atoms with Crippen molar-refractivity contribution in [2.45, 2.75) is 38.1 Å². The van der Waals surface area contributed by atoms with E-state index in [1.807, 2.05) is 0 Å². The lowest BCUT2D eigenvalue weighted by Gasteiger charge is -2.37. The molecule has 2 N–H and O–H groups in total. The third-order valence-corrected chi connectivity index (χ3v) is 2.07. The van der Waals surface area contributed by atoms with E-state index in [1.165, 1.54) is 0 Å². The first-order valence-corrected chi connectivity index (χ1v) is 3.56. The lowest BCUT2D eigenvalue weighted by atomic mass is 9.90. The van der Waals surface area contributed by atoms with E-state index < -0.39 is 11.7 Å². The first kappa shape index (κ1) is 7.98. The maximum Gasteiger partial charge on any atom is 0.108 e. The topological polar surface area (TPSA) is 49.7 Å². The summed E-state index contributed by atoms with van der Waals surface area (Å²) in [4.78, 5) is 0. The molecule has 1 aliphatic rings. The van der Waals surface area contributed by atoms with Crippen LogP contribution in [0.4, 0.5) is 0 Å². The van der Waals surface area contributed by atoms with Crippen LogP contribution in [0.3, 0.4) is 0 Å². The molecule has 0 aromatic carbocycles. The maximum absolute atomic E-state index is 9.48. The van der Waals surface area contributed by atoms with E-state index in [-0.39, 0.29) is 6.10 Å². The normalized spacial score (nSPS) is 49.2. The third kappa shape index (κ3) is 1.31. The van der Waals surface area contributed by atoms with Crippen molar-refractivity contribution >= 4 is 0 Å². The molecule has 0 aromatic heterocycles. The molecule has 60 valence electrons. The summed E-state index contributed by atoms with van der Waals surface area (Å²) in [7, 11) is 0. The molecule has 0 saturated carbocycles. The van der Waals surface area contributed by atoms with Crippen molar-refractivity contribution < 1.29 is 14.9 Å². The van der Waals surface area contributed by atoms with E-state index in [9.17, 15) is 10.2 Å². The van der Waals surface area contributed by atoms with Gasteiger partial charge in [0.15, 0.2) is 0 Å². The van der Waals surface area contributed by atoms with Crippen molar-refractivity contribution in [1.29, 1.82) is 0 Å². The zero-order valence-corrected chi connectivity index (χ0v) is 6.37. The predicted octanol–water partition coefficient (Wildman–Crippen LogP) is -0.0929. The van der Waals surface area contributed by atoms with E-state index in [2.05, 4.69) is 0 Å². The molecule has 3 atom stereocenters. The van der Waals surface area contributed by atoms with Gasteiger partial charge < -0.3 is 14.9 Å². The molecule has 0 bridgehead atoms. The summed E-state index contributed by atoms with van der Waals surface area (Å²) in [5, 5.41) is 18.8. The van der Waals surface area contributed by atoms with E-state index in [1.54, 1.807) is 13.8 Å². The largest absolute Gasteiger partial charge is 0.387 e. The number of ether oxygens (including phenoxy) is 1. The summed E-state index contributed by atoms with van der Waals surface area (Å²) in [6.45, 7) is 3.93. The molecule has 1 heterocycles. The second-order valence-electron chi connectivity index (χ2n) is 3.13. The van der Waals surface area contributed by atoms with E-state index in [4.69, 9.17) is 4.74 Å². The smallest absolute Gasteiger partial charge is 0.108 e. The summed E-state index contributed by atoms with van der Waals surface area (Å²) in [6, 6.07) is 0. The summed E-state index contributed by atoms with van der Waals surface area (Å²) in [5.74, 6) is 0. The number of aliphatic hydroxyl groups excluding tert-OH is 1. The maximum atomic E-state index is 9.48. The lowest BCUT2D eigenvalue weighted by molar-refractivity contribution is -0.175. The van der Waals surface area contributed by atoms with Crippen molar-refractivity contribution in [1.82, 2.24) is 0 Å². The molecule has 0 spiro atoms. The number of hydrogen-bond acceptors (Lipinski definition) is 3. The van der Waals surface area contributed by atoms with Gasteiger partial charge in [0.1, 0.15) is 6.10 Å². The fourth-order valence-electron chi connectivity index (χ4n) is 1.20. The van der Waals surface area contributed by atoms with E-state index in [0.717, 1.165) is 0 Å². The van der Waals surface area contributed by atoms with Crippen LogP contribution in [0.5, 0.6) is 0 Å². The van der Waals surface area contributed by atoms with Gasteiger partial charge in [-0.25, -0.2) is 0 Å². The second-order valence-corrected chi connectivity index (χ2v) is 3.13. The van der Waals surface area contributed by atoms with E-state index in [0.29, 0.717) is 13.0 Å². The van der Waals surface area contributed by atoms with Crippen LogP contribution in [0.25, 0.3) is 0 Å². The van der Waals surface area contributed by atoms with Crippen LogP contribution in [-0.4, -0.2) is 34.6 Å². The molecule has 0 aromatic rings. The number of rotatable bonds is 0. The number of hydrogen-bond donors (Lipinski definition) is 2. The van der Waals surface area contributed by atoms with Gasteiger partial charge in [0.2, 0.25) is 0 Å². The Balaban J connectivity index is 2.60. The Bertz CT molecular complexity index is 122. The minimum atomic E-state index is -0.961. The van der Waals surface area contributed by atoms with E-state index >= 15 is 0 Å². The highest BCUT2D eigenvalue weighted by molar-refractivity contribution is 4.88. The zero-order valence-electron chi connectivity index (χ0n) is 6.37. The SMILES string of the molecule is C[C@@H]1OCC[C@](C)(O)[C@H]1O. The molecule has 1 fully saturated rings. The van der Waals surface area contributed by atoms with Crippen LogP contribution in [0.15, 0.2) is 0 Å². The van der Waals surface area contributed by atoms with Crippen molar-refractivity contribution in [2.75, 3.05) is 6.61 Å². The lowest BCUT2D eigenvalue weighted by Crippen LogP contribution is -2.51. The molecule has 10 heavy (non-hydrogen) atoms. The molecule has 1 rings (SSSR count). The van der Waals surface area contributed by atoms with Gasteiger partial charge in [0.25, 0.3) is 0 Å². The monoisotopic (exact) mass is 146 g/mol. The summed E-state index contributed by atoms with van der Waals surface area (Å²) >= 11 is 0. The molecule has 0 aliphatic carbocycles. The zero-order chi connectivity index (χ0) is 7.78. The molecule has 1 saturated heterocycles. The Labute approximate surface area is 60.6 Å². The van der Waals surface area contributed by atoms with Crippen LogP contribution in [0, 0.1) is 0 Å². The van der Waals surface area contributed by atoms with Crippen LogP contribution < -0.4 is 0 Å². The number of aliphatic hydroxyl groups is 2. The third-order valence-electron chi connectivity index (χ3n) is 2.07. The van der Waals surface area contributed by atoms with Gasteiger partial charge in [-0.1, -0.05) is 0 Å². The van der Waals surface area contributed by atoms with Crippen molar-refractivity contribution in [2.24, 2.45) is 0 Å². The van der Waals surface area contributed by atoms with Crippen molar-refractivity contribution in [3.8, 4) is 0 Å². The minimum Gasteiger partial charge on any atom is -0.387 e. The Morgan fingerprint density at radius 1 is 1.60 bits per heavy atom. The Morgan fingerprint density at radius 2 is 2.20 bits per heavy atom. The molecule has 0 amide bonds. The van der Waals surface area contributed by atoms with Crippen molar-refractivity contribution in [3.05, 3.63) is 0 Å². The first-order valence-electron chi connectivity index (χ1n) is 3.56. The average molecular weight is 146 g/mol. The average Bonchev–Trinajstić information content (AvgIpc) is 1.83. The molecule has 0 radical (unpaired) electrons. The Hall–Kier alpha value is -0.120. The van der Waals surface area contributed by atoms with Gasteiger partial charge in [-0.15, -0.1) is 0 Å². The highest BCUT2D eigenvalue weighted by atomic mass is 16.5. The van der Waals surface area contributed by atoms with Gasteiger partial charge in [-0.3, -0.25) is 0 Å². The highest BCUT2D eigenvalue weighted by Gasteiger charge is 2.38. The van der Waals surface area contributed by atoms with Crippen LogP contribution in [0.2, 0.25) is 0 Å². The fraction of sp³-hybridized carbons (Fsp3) is 1.00. The van der Waals surface area contributed by atoms with Gasteiger partial charge in [0, 0.05) is 13.0 Å². The molecule has 3 heteroatoms. The van der Waals surface area contributed by atoms with Gasteiger partial charge in [-0.2, -0.15) is 0 Å². The molecule has 3 nitrogen and oxygen atoms in total. The molecular weight excluding hydrogens is 132 g/mol. The van der Waals surface area contributed by atoms with Gasteiger partial charge >= 0.3 is 0 Å². The molecule has 1 aliphatic heterocycles. The second kappa shape index (κ2) is 2.49. The quantitative estimate of drug-likeness (QED) is 0.502. The Kier molecular flexibility index (Phi) is 1.99. The van der Waals surface area contributed by atoms with Gasteiger partial charge in [-0.05, 0) is 13.8 Å². The first-order chi connectivity index (χ1) is 4.54. The predicted molar refractivity (Wildman–Crippen MR) is 36.7 cm³/mol. The Morgan fingerprint density at radius 3 is 2.60 bits per heavy atom. The summed E-state index contributed by atoms with van der Waals surface area (Å²) in [5.41, 5.74) is -0.961. The van der Waals surface area contributed by atoms with Crippen LogP contribution in [0.1, 0.15) is 20.3 Å². The molecular formula is C7H14O3. The summed E-state index contributed by atoms with van der Waals surface area (Å²) in [6.07, 6.45) is -0.483. The van der Waals surface area contributed by atoms with Crippen LogP contribution >= 0.6 is 0 Å². The minimum absolute atomic E-state index is 0.247. The fourth-order valence-corrected chi connectivity index (χ4v) is 1.20. The summed E-state index contributed by atoms with van der Waals surface area (Å²) < 4.78 is 5.12. The molecule has 0 unspecified atom stereocenters. The van der Waals surface area contributed by atoms with Gasteiger partial charge in [0.05, 0.1) is 11.7 Å². The highest BCUT2D eigenvalue weighted by Crippen LogP contribution is 2.24. The van der Waals surface area contributed by atoms with Crippen molar-refractivity contribution in [3.63, 3.8) is 0 Å². The van der Waals surface area contributed by atoms with Crippen LogP contribution in [-0.2, 0) is 4.74 Å².